The van der Waals surface area contributed by atoms with Crippen LogP contribution in [0.25, 0.3) is 11.3 Å². The molecule has 0 radical (unpaired) electrons. The van der Waals surface area contributed by atoms with Gasteiger partial charge in [-0.05, 0) is 25.5 Å². The Morgan fingerprint density at radius 1 is 1.40 bits per heavy atom. The van der Waals surface area contributed by atoms with Gasteiger partial charge in [0, 0.05) is 43.9 Å². The highest BCUT2D eigenvalue weighted by Crippen LogP contribution is 2.34. The quantitative estimate of drug-likeness (QED) is 0.606. The van der Waals surface area contributed by atoms with E-state index in [2.05, 4.69) is 9.55 Å². The van der Waals surface area contributed by atoms with Crippen LogP contribution >= 0.6 is 11.6 Å². The van der Waals surface area contributed by atoms with Crippen LogP contribution in [0.4, 0.5) is 0 Å². The molecular formula is C15H17ClN2O2. The van der Waals surface area contributed by atoms with Crippen molar-refractivity contribution in [2.45, 2.75) is 19.9 Å². The van der Waals surface area contributed by atoms with Crippen LogP contribution in [0.1, 0.15) is 22.5 Å². The molecular weight excluding hydrogens is 276 g/mol. The molecule has 4 nitrogen and oxygen atoms in total. The molecule has 0 aromatic carbocycles. The van der Waals surface area contributed by atoms with Gasteiger partial charge in [-0.3, -0.25) is 9.78 Å². The lowest BCUT2D eigenvalue weighted by atomic mass is 10.2. The highest BCUT2D eigenvalue weighted by molar-refractivity contribution is 6.35. The lowest BCUT2D eigenvalue weighted by Gasteiger charge is -2.11. The first kappa shape index (κ1) is 14.8. The molecule has 2 rings (SSSR count). The summed E-state index contributed by atoms with van der Waals surface area (Å²) in [5, 5.41) is 0.501. The van der Waals surface area contributed by atoms with Crippen molar-refractivity contribution < 1.29 is 9.53 Å². The maximum Gasteiger partial charge on any atom is 0.153 e. The molecule has 0 saturated carbocycles. The van der Waals surface area contributed by atoms with Gasteiger partial charge in [0.2, 0.25) is 0 Å². The largest absolute Gasteiger partial charge is 0.385 e. The molecule has 0 aliphatic rings. The van der Waals surface area contributed by atoms with E-state index in [0.717, 1.165) is 36.2 Å². The van der Waals surface area contributed by atoms with Crippen molar-refractivity contribution in [3.05, 3.63) is 40.8 Å². The zero-order valence-electron chi connectivity index (χ0n) is 11.6. The van der Waals surface area contributed by atoms with Crippen LogP contribution in [0, 0.1) is 6.92 Å². The molecule has 0 saturated heterocycles. The highest BCUT2D eigenvalue weighted by Gasteiger charge is 2.19. The van der Waals surface area contributed by atoms with Gasteiger partial charge < -0.3 is 9.30 Å². The fourth-order valence-corrected chi connectivity index (χ4v) is 2.69. The molecule has 2 heterocycles. The molecule has 2 aromatic heterocycles. The molecule has 0 atom stereocenters. The topological polar surface area (TPSA) is 44.1 Å². The summed E-state index contributed by atoms with van der Waals surface area (Å²) in [6, 6.07) is 3.78. The first-order valence-corrected chi connectivity index (χ1v) is 6.81. The van der Waals surface area contributed by atoms with Gasteiger partial charge in [0.15, 0.2) is 6.29 Å². The maximum absolute atomic E-state index is 11.2. The van der Waals surface area contributed by atoms with Crippen LogP contribution < -0.4 is 0 Å². The van der Waals surface area contributed by atoms with Gasteiger partial charge in [0.1, 0.15) is 0 Å². The van der Waals surface area contributed by atoms with E-state index in [0.29, 0.717) is 17.2 Å². The van der Waals surface area contributed by atoms with Crippen LogP contribution in [-0.2, 0) is 11.3 Å². The maximum atomic E-state index is 11.2. The molecule has 20 heavy (non-hydrogen) atoms. The Hall–Kier alpha value is -1.65. The number of ether oxygens (including phenoxy) is 1. The zero-order chi connectivity index (χ0) is 14.5. The van der Waals surface area contributed by atoms with Crippen molar-refractivity contribution in [2.75, 3.05) is 13.7 Å². The number of hydrogen-bond donors (Lipinski definition) is 0. The van der Waals surface area contributed by atoms with E-state index < -0.39 is 0 Å². The van der Waals surface area contributed by atoms with Crippen LogP contribution in [-0.4, -0.2) is 29.6 Å². The average molecular weight is 293 g/mol. The summed E-state index contributed by atoms with van der Waals surface area (Å²) in [5.41, 5.74) is 3.26. The van der Waals surface area contributed by atoms with Crippen molar-refractivity contribution in [1.82, 2.24) is 9.55 Å². The van der Waals surface area contributed by atoms with E-state index in [-0.39, 0.29) is 0 Å². The molecule has 5 heteroatoms. The van der Waals surface area contributed by atoms with E-state index in [1.807, 2.05) is 19.1 Å². The summed E-state index contributed by atoms with van der Waals surface area (Å²) in [4.78, 5) is 15.3. The van der Waals surface area contributed by atoms with Crippen LogP contribution in [0.2, 0.25) is 5.02 Å². The SMILES string of the molecule is COCCCn1c(C)c(C=O)c(Cl)c1-c1ccncc1. The fourth-order valence-electron chi connectivity index (χ4n) is 2.29. The van der Waals surface area contributed by atoms with Gasteiger partial charge >= 0.3 is 0 Å². The Morgan fingerprint density at radius 3 is 2.70 bits per heavy atom. The predicted molar refractivity (Wildman–Crippen MR) is 79.3 cm³/mol. The number of methoxy groups -OCH3 is 1. The first-order valence-electron chi connectivity index (χ1n) is 6.43. The van der Waals surface area contributed by atoms with Crippen molar-refractivity contribution in [3.63, 3.8) is 0 Å². The van der Waals surface area contributed by atoms with Gasteiger partial charge in [0.05, 0.1) is 16.3 Å². The monoisotopic (exact) mass is 292 g/mol. The van der Waals surface area contributed by atoms with Crippen LogP contribution in [0.3, 0.4) is 0 Å². The summed E-state index contributed by atoms with van der Waals surface area (Å²) in [5.74, 6) is 0. The molecule has 0 unspecified atom stereocenters. The van der Waals surface area contributed by atoms with Crippen molar-refractivity contribution in [3.8, 4) is 11.3 Å². The van der Waals surface area contributed by atoms with Crippen molar-refractivity contribution in [1.29, 1.82) is 0 Å². The summed E-state index contributed by atoms with van der Waals surface area (Å²) < 4.78 is 7.16. The van der Waals surface area contributed by atoms with E-state index >= 15 is 0 Å². The summed E-state index contributed by atoms with van der Waals surface area (Å²) >= 11 is 6.38. The standard InChI is InChI=1S/C15H17ClN2O2/c1-11-13(10-19)14(16)15(12-4-6-17-7-5-12)18(11)8-3-9-20-2/h4-7,10H,3,8-9H2,1-2H3. The van der Waals surface area contributed by atoms with E-state index in [4.69, 9.17) is 16.3 Å². The third kappa shape index (κ3) is 2.76. The summed E-state index contributed by atoms with van der Waals surface area (Å²) in [6.07, 6.45) is 5.11. The molecule has 0 amide bonds. The number of aromatic nitrogens is 2. The smallest absolute Gasteiger partial charge is 0.153 e. The van der Waals surface area contributed by atoms with Crippen molar-refractivity contribution >= 4 is 17.9 Å². The highest BCUT2D eigenvalue weighted by atomic mass is 35.5. The molecule has 0 fully saturated rings. The van der Waals surface area contributed by atoms with E-state index in [9.17, 15) is 4.79 Å². The zero-order valence-corrected chi connectivity index (χ0v) is 12.4. The normalized spacial score (nSPS) is 10.8. The molecule has 0 aliphatic carbocycles. The Labute approximate surface area is 123 Å². The Balaban J connectivity index is 2.50. The third-order valence-corrected chi connectivity index (χ3v) is 3.69. The molecule has 2 aromatic rings. The number of carbonyl (C=O) groups excluding carboxylic acids is 1. The van der Waals surface area contributed by atoms with E-state index in [1.165, 1.54) is 0 Å². The number of aldehydes is 1. The number of carbonyl (C=O) groups is 1. The second-order valence-electron chi connectivity index (χ2n) is 4.51. The van der Waals surface area contributed by atoms with Gasteiger partial charge in [-0.15, -0.1) is 0 Å². The number of pyridine rings is 1. The molecule has 0 spiro atoms. The Kier molecular flexibility index (Phi) is 4.93. The fraction of sp³-hybridized carbons (Fsp3) is 0.333. The van der Waals surface area contributed by atoms with Gasteiger partial charge in [-0.1, -0.05) is 11.6 Å². The Morgan fingerprint density at radius 2 is 2.10 bits per heavy atom. The van der Waals surface area contributed by atoms with Gasteiger partial charge in [-0.25, -0.2) is 0 Å². The lowest BCUT2D eigenvalue weighted by Crippen LogP contribution is -2.05. The van der Waals surface area contributed by atoms with Crippen LogP contribution in [0.5, 0.6) is 0 Å². The van der Waals surface area contributed by atoms with Crippen molar-refractivity contribution in [2.24, 2.45) is 0 Å². The summed E-state index contributed by atoms with van der Waals surface area (Å²) in [6.45, 7) is 3.33. The minimum absolute atomic E-state index is 0.501. The molecule has 106 valence electrons. The minimum Gasteiger partial charge on any atom is -0.385 e. The number of nitrogens with zero attached hydrogens (tertiary/aromatic N) is 2. The Bertz CT molecular complexity index is 594. The second kappa shape index (κ2) is 6.68. The van der Waals surface area contributed by atoms with E-state index in [1.54, 1.807) is 19.5 Å². The predicted octanol–water partition coefficient (Wildman–Crippen LogP) is 3.36. The number of halogens is 1. The third-order valence-electron chi connectivity index (χ3n) is 3.31. The van der Waals surface area contributed by atoms with Crippen LogP contribution in [0.15, 0.2) is 24.5 Å². The summed E-state index contributed by atoms with van der Waals surface area (Å²) in [7, 11) is 1.68. The lowest BCUT2D eigenvalue weighted by molar-refractivity contribution is 0.112. The van der Waals surface area contributed by atoms with Gasteiger partial charge in [-0.2, -0.15) is 0 Å². The number of hydrogen-bond acceptors (Lipinski definition) is 3. The minimum atomic E-state index is 0.501. The molecule has 0 N–H and O–H groups in total. The molecule has 0 bridgehead atoms. The second-order valence-corrected chi connectivity index (χ2v) is 4.89. The first-order chi connectivity index (χ1) is 9.70. The molecule has 0 aliphatic heterocycles. The van der Waals surface area contributed by atoms with Gasteiger partial charge in [0.25, 0.3) is 0 Å². The average Bonchev–Trinajstić information content (AvgIpc) is 2.71. The number of rotatable bonds is 6.